The van der Waals surface area contributed by atoms with Crippen molar-refractivity contribution in [3.8, 4) is 5.75 Å². The maximum Gasteiger partial charge on any atom is 0.573 e. The number of nitrogens with two attached hydrogens (primary N) is 1. The molecule has 0 amide bonds. The molecule has 1 fully saturated rings. The first-order chi connectivity index (χ1) is 9.51. The summed E-state index contributed by atoms with van der Waals surface area (Å²) in [7, 11) is 0. The third-order valence-electron chi connectivity index (χ3n) is 3.21. The third kappa shape index (κ3) is 3.84. The Morgan fingerprint density at radius 1 is 1.25 bits per heavy atom. The number of morpholine rings is 1. The molecule has 1 saturated heterocycles. The van der Waals surface area contributed by atoms with Crippen molar-refractivity contribution in [3.05, 3.63) is 29.8 Å². The van der Waals surface area contributed by atoms with Gasteiger partial charge in [-0.3, -0.25) is 4.90 Å². The van der Waals surface area contributed by atoms with Crippen LogP contribution in [0.2, 0.25) is 0 Å². The van der Waals surface area contributed by atoms with Crippen LogP contribution in [-0.2, 0) is 4.74 Å². The van der Waals surface area contributed by atoms with Gasteiger partial charge in [0.25, 0.3) is 0 Å². The van der Waals surface area contributed by atoms with Gasteiger partial charge >= 0.3 is 6.36 Å². The fraction of sp³-hybridized carbons (Fsp3) is 0.538. The van der Waals surface area contributed by atoms with Crippen molar-refractivity contribution in [2.24, 2.45) is 5.73 Å². The predicted octanol–water partition coefficient (Wildman–Crippen LogP) is 1.92. The lowest BCUT2D eigenvalue weighted by Gasteiger charge is -2.34. The predicted molar refractivity (Wildman–Crippen MR) is 67.3 cm³/mol. The van der Waals surface area contributed by atoms with E-state index < -0.39 is 6.36 Å². The molecule has 112 valence electrons. The van der Waals surface area contributed by atoms with Crippen LogP contribution < -0.4 is 10.5 Å². The zero-order valence-corrected chi connectivity index (χ0v) is 10.9. The van der Waals surface area contributed by atoms with Gasteiger partial charge in [-0.05, 0) is 6.07 Å². The molecule has 1 aliphatic heterocycles. The fourth-order valence-electron chi connectivity index (χ4n) is 2.34. The molecular weight excluding hydrogens is 273 g/mol. The second-order valence-electron chi connectivity index (χ2n) is 4.49. The molecule has 7 heteroatoms. The Morgan fingerprint density at radius 2 is 1.90 bits per heavy atom. The first kappa shape index (κ1) is 15.1. The lowest BCUT2D eigenvalue weighted by atomic mass is 10.0. The Bertz CT molecular complexity index is 434. The molecule has 0 radical (unpaired) electrons. The van der Waals surface area contributed by atoms with Crippen LogP contribution >= 0.6 is 0 Å². The van der Waals surface area contributed by atoms with Gasteiger partial charge in [-0.25, -0.2) is 0 Å². The van der Waals surface area contributed by atoms with Gasteiger partial charge in [0.2, 0.25) is 0 Å². The third-order valence-corrected chi connectivity index (χ3v) is 3.21. The van der Waals surface area contributed by atoms with Gasteiger partial charge in [0.15, 0.2) is 0 Å². The molecule has 0 aliphatic carbocycles. The summed E-state index contributed by atoms with van der Waals surface area (Å²) in [6.07, 6.45) is -4.71. The van der Waals surface area contributed by atoms with Gasteiger partial charge in [0, 0.05) is 25.2 Å². The minimum Gasteiger partial charge on any atom is -0.405 e. The molecule has 0 saturated carbocycles. The van der Waals surface area contributed by atoms with Crippen LogP contribution in [0.4, 0.5) is 13.2 Å². The van der Waals surface area contributed by atoms with Gasteiger partial charge < -0.3 is 15.2 Å². The second-order valence-corrected chi connectivity index (χ2v) is 4.49. The van der Waals surface area contributed by atoms with Crippen molar-refractivity contribution < 1.29 is 22.6 Å². The minimum atomic E-state index is -4.71. The zero-order chi connectivity index (χ0) is 14.6. The number of rotatable bonds is 4. The van der Waals surface area contributed by atoms with Crippen LogP contribution in [0.3, 0.4) is 0 Å². The van der Waals surface area contributed by atoms with Crippen molar-refractivity contribution in [2.75, 3.05) is 32.8 Å². The number of halogens is 3. The van der Waals surface area contributed by atoms with Gasteiger partial charge in [-0.2, -0.15) is 0 Å². The van der Waals surface area contributed by atoms with Gasteiger partial charge in [0.05, 0.1) is 19.3 Å². The van der Waals surface area contributed by atoms with Crippen molar-refractivity contribution >= 4 is 0 Å². The number of alkyl halides is 3. The van der Waals surface area contributed by atoms with Crippen LogP contribution in [-0.4, -0.2) is 44.1 Å². The molecule has 1 aromatic rings. The van der Waals surface area contributed by atoms with Gasteiger partial charge in [-0.15, -0.1) is 13.2 Å². The largest absolute Gasteiger partial charge is 0.573 e. The highest BCUT2D eigenvalue weighted by molar-refractivity contribution is 5.36. The summed E-state index contributed by atoms with van der Waals surface area (Å²) < 4.78 is 46.7. The molecule has 2 N–H and O–H groups in total. The summed E-state index contributed by atoms with van der Waals surface area (Å²) in [5.74, 6) is -0.193. The highest BCUT2D eigenvalue weighted by Crippen LogP contribution is 2.32. The average molecular weight is 290 g/mol. The maximum atomic E-state index is 12.4. The topological polar surface area (TPSA) is 47.7 Å². The summed E-state index contributed by atoms with van der Waals surface area (Å²) in [5.41, 5.74) is 6.20. The number of ether oxygens (including phenoxy) is 2. The molecule has 2 rings (SSSR count). The number of nitrogens with zero attached hydrogens (tertiary/aromatic N) is 1. The Labute approximate surface area is 115 Å². The van der Waals surface area contributed by atoms with Gasteiger partial charge in [0.1, 0.15) is 5.75 Å². The maximum absolute atomic E-state index is 12.4. The van der Waals surface area contributed by atoms with Crippen LogP contribution in [0.15, 0.2) is 24.3 Å². The van der Waals surface area contributed by atoms with E-state index in [4.69, 9.17) is 10.5 Å². The normalized spacial score (nSPS) is 18.8. The van der Waals surface area contributed by atoms with E-state index in [9.17, 15) is 13.2 Å². The van der Waals surface area contributed by atoms with Crippen LogP contribution in [0.1, 0.15) is 11.6 Å². The lowest BCUT2D eigenvalue weighted by molar-refractivity contribution is -0.275. The molecule has 1 heterocycles. The van der Waals surface area contributed by atoms with E-state index in [-0.39, 0.29) is 18.3 Å². The van der Waals surface area contributed by atoms with E-state index in [1.54, 1.807) is 12.1 Å². The summed E-state index contributed by atoms with van der Waals surface area (Å²) in [6, 6.07) is 5.82. The highest BCUT2D eigenvalue weighted by Gasteiger charge is 2.33. The van der Waals surface area contributed by atoms with E-state index in [0.29, 0.717) is 31.9 Å². The SMILES string of the molecule is NC[C@H](c1ccccc1OC(F)(F)F)N1CCOCC1. The molecule has 1 aliphatic rings. The van der Waals surface area contributed by atoms with Crippen LogP contribution in [0.5, 0.6) is 5.75 Å². The van der Waals surface area contributed by atoms with E-state index >= 15 is 0 Å². The molecule has 0 spiro atoms. The van der Waals surface area contributed by atoms with E-state index in [2.05, 4.69) is 4.74 Å². The Kier molecular flexibility index (Phi) is 4.85. The van der Waals surface area contributed by atoms with Crippen LogP contribution in [0, 0.1) is 0 Å². The highest BCUT2D eigenvalue weighted by atomic mass is 19.4. The standard InChI is InChI=1S/C13H17F3N2O2/c14-13(15,16)20-12-4-2-1-3-10(12)11(9-17)18-5-7-19-8-6-18/h1-4,11H,5-9,17H2/t11-/m1/s1. The Balaban J connectivity index is 2.24. The Morgan fingerprint density at radius 3 is 2.50 bits per heavy atom. The summed E-state index contributed by atoms with van der Waals surface area (Å²) in [6.45, 7) is 2.61. The molecule has 1 atom stereocenters. The Hall–Kier alpha value is -1.31. The van der Waals surface area contributed by atoms with Crippen LogP contribution in [0.25, 0.3) is 0 Å². The summed E-state index contributed by atoms with van der Waals surface area (Å²) in [4.78, 5) is 2.02. The number of hydrogen-bond donors (Lipinski definition) is 1. The fourth-order valence-corrected chi connectivity index (χ4v) is 2.34. The number of hydrogen-bond acceptors (Lipinski definition) is 4. The monoisotopic (exact) mass is 290 g/mol. The molecule has 0 aromatic heterocycles. The van der Waals surface area contributed by atoms with Gasteiger partial charge in [-0.1, -0.05) is 18.2 Å². The van der Waals surface area contributed by atoms with Crippen molar-refractivity contribution in [2.45, 2.75) is 12.4 Å². The zero-order valence-electron chi connectivity index (χ0n) is 10.9. The molecule has 20 heavy (non-hydrogen) atoms. The van der Waals surface area contributed by atoms with Crippen molar-refractivity contribution in [3.63, 3.8) is 0 Å². The lowest BCUT2D eigenvalue weighted by Crippen LogP contribution is -2.42. The summed E-state index contributed by atoms with van der Waals surface area (Å²) >= 11 is 0. The smallest absolute Gasteiger partial charge is 0.405 e. The second kappa shape index (κ2) is 6.43. The van der Waals surface area contributed by atoms with E-state index in [1.165, 1.54) is 12.1 Å². The van der Waals surface area contributed by atoms with Crippen molar-refractivity contribution in [1.82, 2.24) is 4.90 Å². The first-order valence-electron chi connectivity index (χ1n) is 6.38. The van der Waals surface area contributed by atoms with E-state index in [1.807, 2.05) is 4.90 Å². The summed E-state index contributed by atoms with van der Waals surface area (Å²) in [5, 5.41) is 0. The molecule has 0 unspecified atom stereocenters. The number of benzene rings is 1. The average Bonchev–Trinajstić information content (AvgIpc) is 2.41. The molecule has 4 nitrogen and oxygen atoms in total. The molecule has 0 bridgehead atoms. The quantitative estimate of drug-likeness (QED) is 0.920. The number of para-hydroxylation sites is 1. The van der Waals surface area contributed by atoms with E-state index in [0.717, 1.165) is 0 Å². The van der Waals surface area contributed by atoms with Crippen molar-refractivity contribution in [1.29, 1.82) is 0 Å². The molecular formula is C13H17F3N2O2. The first-order valence-corrected chi connectivity index (χ1v) is 6.38. The molecule has 1 aromatic carbocycles. The minimum absolute atomic E-state index is 0.193.